The van der Waals surface area contributed by atoms with Crippen molar-refractivity contribution in [2.45, 2.75) is 6.42 Å². The van der Waals surface area contributed by atoms with Crippen molar-refractivity contribution < 1.29 is 19.4 Å². The Bertz CT molecular complexity index is 323. The minimum Gasteiger partial charge on any atom is -0.481 e. The number of carbonyl (C=O) groups is 2. The molecule has 2 aliphatic rings. The first-order chi connectivity index (χ1) is 9.16. The third-order valence-electron chi connectivity index (χ3n) is 3.57. The Balaban J connectivity index is 1.72. The summed E-state index contributed by atoms with van der Waals surface area (Å²) in [5.41, 5.74) is 0. The van der Waals surface area contributed by atoms with Gasteiger partial charge < -0.3 is 19.6 Å². The number of ether oxygens (including phenoxy) is 1. The zero-order chi connectivity index (χ0) is 13.7. The molecule has 7 nitrogen and oxygen atoms in total. The van der Waals surface area contributed by atoms with E-state index in [2.05, 4.69) is 4.90 Å². The van der Waals surface area contributed by atoms with E-state index >= 15 is 0 Å². The number of carbonyl (C=O) groups excluding carboxylic acids is 1. The number of carboxylic acid groups (broad SMARTS) is 1. The van der Waals surface area contributed by atoms with Gasteiger partial charge in [-0.15, -0.1) is 0 Å². The lowest BCUT2D eigenvalue weighted by Crippen LogP contribution is -2.54. The number of nitrogens with zero attached hydrogens (tertiary/aromatic N) is 3. The molecule has 0 aromatic heterocycles. The summed E-state index contributed by atoms with van der Waals surface area (Å²) in [6.45, 7) is 5.98. The van der Waals surface area contributed by atoms with Crippen LogP contribution < -0.4 is 0 Å². The Hall–Kier alpha value is -1.34. The number of urea groups is 1. The van der Waals surface area contributed by atoms with E-state index in [1.165, 1.54) is 0 Å². The number of hydrogen-bond donors (Lipinski definition) is 1. The summed E-state index contributed by atoms with van der Waals surface area (Å²) in [6.07, 6.45) is 0.164. The molecule has 0 bridgehead atoms. The van der Waals surface area contributed by atoms with Gasteiger partial charge in [0.1, 0.15) is 0 Å². The largest absolute Gasteiger partial charge is 0.481 e. The van der Waals surface area contributed by atoms with E-state index in [0.29, 0.717) is 45.9 Å². The maximum absolute atomic E-state index is 12.2. The lowest BCUT2D eigenvalue weighted by molar-refractivity contribution is -0.137. The summed E-state index contributed by atoms with van der Waals surface area (Å²) < 4.78 is 5.23. The molecular formula is C12H21N3O4. The Labute approximate surface area is 112 Å². The zero-order valence-electron chi connectivity index (χ0n) is 11.1. The highest BCUT2D eigenvalue weighted by molar-refractivity contribution is 5.74. The fourth-order valence-electron chi connectivity index (χ4n) is 2.37. The van der Waals surface area contributed by atoms with E-state index in [0.717, 1.165) is 13.1 Å². The molecule has 2 fully saturated rings. The van der Waals surface area contributed by atoms with E-state index in [9.17, 15) is 9.59 Å². The molecule has 2 heterocycles. The number of amides is 2. The number of carboxylic acids is 1. The first kappa shape index (κ1) is 14.1. The number of aliphatic carboxylic acids is 1. The second-order valence-electron chi connectivity index (χ2n) is 4.85. The van der Waals surface area contributed by atoms with Gasteiger partial charge in [0.05, 0.1) is 19.6 Å². The van der Waals surface area contributed by atoms with Crippen LogP contribution in [0.25, 0.3) is 0 Å². The third kappa shape index (κ3) is 4.07. The van der Waals surface area contributed by atoms with Crippen molar-refractivity contribution in [3.8, 4) is 0 Å². The smallest absolute Gasteiger partial charge is 0.320 e. The van der Waals surface area contributed by atoms with Crippen molar-refractivity contribution in [2.24, 2.45) is 0 Å². The standard InChI is InChI=1S/C12H21N3O4/c16-11(17)1-2-13-3-5-14(6-4-13)12(18)15-7-9-19-10-8-15/h1-10H2,(H,16,17). The van der Waals surface area contributed by atoms with Gasteiger partial charge in [0.2, 0.25) is 0 Å². The molecule has 2 amide bonds. The van der Waals surface area contributed by atoms with Crippen molar-refractivity contribution in [2.75, 3.05) is 59.0 Å². The molecule has 0 aliphatic carbocycles. The molecule has 7 heteroatoms. The van der Waals surface area contributed by atoms with E-state index in [1.54, 1.807) is 0 Å². The first-order valence-electron chi connectivity index (χ1n) is 6.72. The van der Waals surface area contributed by atoms with Crippen LogP contribution >= 0.6 is 0 Å². The molecular weight excluding hydrogens is 250 g/mol. The predicted molar refractivity (Wildman–Crippen MR) is 68.1 cm³/mol. The van der Waals surface area contributed by atoms with Crippen LogP contribution in [-0.2, 0) is 9.53 Å². The topological polar surface area (TPSA) is 73.3 Å². The lowest BCUT2D eigenvalue weighted by atomic mass is 10.3. The summed E-state index contributed by atoms with van der Waals surface area (Å²) in [5.74, 6) is -0.771. The normalized spacial score (nSPS) is 21.5. The van der Waals surface area contributed by atoms with Crippen molar-refractivity contribution in [3.05, 3.63) is 0 Å². The fraction of sp³-hybridized carbons (Fsp3) is 0.833. The molecule has 0 atom stereocenters. The summed E-state index contributed by atoms with van der Waals surface area (Å²) in [6, 6.07) is 0.0844. The fourth-order valence-corrected chi connectivity index (χ4v) is 2.37. The van der Waals surface area contributed by atoms with Crippen LogP contribution in [0.5, 0.6) is 0 Å². The predicted octanol–water partition coefficient (Wildman–Crippen LogP) is -0.469. The van der Waals surface area contributed by atoms with Crippen LogP contribution in [0.4, 0.5) is 4.79 Å². The Morgan fingerprint density at radius 1 is 0.947 bits per heavy atom. The van der Waals surface area contributed by atoms with Crippen LogP contribution in [0.3, 0.4) is 0 Å². The molecule has 0 spiro atoms. The lowest BCUT2D eigenvalue weighted by Gasteiger charge is -2.38. The molecule has 19 heavy (non-hydrogen) atoms. The summed E-state index contributed by atoms with van der Waals surface area (Å²) in [5, 5.41) is 8.64. The van der Waals surface area contributed by atoms with Gasteiger partial charge in [0, 0.05) is 45.8 Å². The Morgan fingerprint density at radius 3 is 2.11 bits per heavy atom. The van der Waals surface area contributed by atoms with Crippen molar-refractivity contribution in [3.63, 3.8) is 0 Å². The summed E-state index contributed by atoms with van der Waals surface area (Å²) in [7, 11) is 0. The number of morpholine rings is 1. The van der Waals surface area contributed by atoms with Crippen LogP contribution in [0, 0.1) is 0 Å². The summed E-state index contributed by atoms with van der Waals surface area (Å²) in [4.78, 5) is 28.5. The average molecular weight is 271 g/mol. The maximum atomic E-state index is 12.2. The van der Waals surface area contributed by atoms with Gasteiger partial charge in [0.15, 0.2) is 0 Å². The number of rotatable bonds is 3. The van der Waals surface area contributed by atoms with Gasteiger partial charge in [0.25, 0.3) is 0 Å². The summed E-state index contributed by atoms with van der Waals surface area (Å²) >= 11 is 0. The van der Waals surface area contributed by atoms with Crippen LogP contribution in [0.1, 0.15) is 6.42 Å². The minimum atomic E-state index is -0.771. The Kier molecular flexibility index (Phi) is 4.98. The maximum Gasteiger partial charge on any atom is 0.320 e. The van der Waals surface area contributed by atoms with E-state index < -0.39 is 5.97 Å². The molecule has 0 aromatic carbocycles. The average Bonchev–Trinajstić information content (AvgIpc) is 2.46. The molecule has 108 valence electrons. The zero-order valence-corrected chi connectivity index (χ0v) is 11.1. The molecule has 2 saturated heterocycles. The number of piperazine rings is 1. The second kappa shape index (κ2) is 6.72. The molecule has 0 saturated carbocycles. The molecule has 2 aliphatic heterocycles. The van der Waals surface area contributed by atoms with Gasteiger partial charge in [-0.1, -0.05) is 0 Å². The second-order valence-corrected chi connectivity index (χ2v) is 4.85. The van der Waals surface area contributed by atoms with Crippen molar-refractivity contribution >= 4 is 12.0 Å². The van der Waals surface area contributed by atoms with E-state index in [1.807, 2.05) is 9.80 Å². The quantitative estimate of drug-likeness (QED) is 0.751. The van der Waals surface area contributed by atoms with E-state index in [4.69, 9.17) is 9.84 Å². The van der Waals surface area contributed by atoms with Gasteiger partial charge in [-0.25, -0.2) is 4.79 Å². The molecule has 0 unspecified atom stereocenters. The molecule has 1 N–H and O–H groups in total. The highest BCUT2D eigenvalue weighted by Crippen LogP contribution is 2.08. The monoisotopic (exact) mass is 271 g/mol. The highest BCUT2D eigenvalue weighted by atomic mass is 16.5. The van der Waals surface area contributed by atoms with Gasteiger partial charge in [-0.05, 0) is 0 Å². The SMILES string of the molecule is O=C(O)CCN1CCN(C(=O)N2CCOCC2)CC1. The van der Waals surface area contributed by atoms with Gasteiger partial charge in [-0.3, -0.25) is 9.69 Å². The van der Waals surface area contributed by atoms with Gasteiger partial charge in [-0.2, -0.15) is 0 Å². The minimum absolute atomic E-state index is 0.0844. The van der Waals surface area contributed by atoms with Crippen LogP contribution in [0.15, 0.2) is 0 Å². The van der Waals surface area contributed by atoms with E-state index in [-0.39, 0.29) is 12.5 Å². The van der Waals surface area contributed by atoms with Crippen LogP contribution in [-0.4, -0.2) is 90.8 Å². The van der Waals surface area contributed by atoms with Crippen LogP contribution in [0.2, 0.25) is 0 Å². The van der Waals surface area contributed by atoms with Crippen molar-refractivity contribution in [1.29, 1.82) is 0 Å². The first-order valence-corrected chi connectivity index (χ1v) is 6.72. The Morgan fingerprint density at radius 2 is 1.53 bits per heavy atom. The molecule has 0 aromatic rings. The number of hydrogen-bond acceptors (Lipinski definition) is 4. The van der Waals surface area contributed by atoms with Gasteiger partial charge >= 0.3 is 12.0 Å². The molecule has 2 rings (SSSR count). The third-order valence-corrected chi connectivity index (χ3v) is 3.57. The van der Waals surface area contributed by atoms with Crippen molar-refractivity contribution in [1.82, 2.24) is 14.7 Å². The highest BCUT2D eigenvalue weighted by Gasteiger charge is 2.26. The molecule has 0 radical (unpaired) electrons.